The molecular formula is C13H17NO. The summed E-state index contributed by atoms with van der Waals surface area (Å²) in [6.45, 7) is 5.89. The summed E-state index contributed by atoms with van der Waals surface area (Å²) in [6.07, 6.45) is 2.53. The molecule has 2 heteroatoms. The van der Waals surface area contributed by atoms with Gasteiger partial charge in [0.15, 0.2) is 0 Å². The lowest BCUT2D eigenvalue weighted by Gasteiger charge is -2.07. The Balaban J connectivity index is 2.80. The first-order valence-electron chi connectivity index (χ1n) is 5.17. The van der Waals surface area contributed by atoms with Crippen LogP contribution >= 0.6 is 0 Å². The quantitative estimate of drug-likeness (QED) is 0.751. The number of para-hydroxylation sites is 1. The van der Waals surface area contributed by atoms with E-state index in [2.05, 4.69) is 12.2 Å². The number of rotatable bonds is 3. The van der Waals surface area contributed by atoms with Crippen molar-refractivity contribution in [3.8, 4) is 0 Å². The molecule has 0 atom stereocenters. The van der Waals surface area contributed by atoms with Gasteiger partial charge in [0.25, 0.3) is 0 Å². The fourth-order valence-corrected chi connectivity index (χ4v) is 1.38. The van der Waals surface area contributed by atoms with Gasteiger partial charge in [-0.1, -0.05) is 30.7 Å². The van der Waals surface area contributed by atoms with Crippen LogP contribution in [0.2, 0.25) is 0 Å². The van der Waals surface area contributed by atoms with Crippen LogP contribution in [0.5, 0.6) is 0 Å². The van der Waals surface area contributed by atoms with Gasteiger partial charge in [-0.2, -0.15) is 0 Å². The predicted molar refractivity (Wildman–Crippen MR) is 63.9 cm³/mol. The summed E-state index contributed by atoms with van der Waals surface area (Å²) < 4.78 is 0. The fraction of sp³-hybridized carbons (Fsp3) is 0.308. The minimum Gasteiger partial charge on any atom is -0.322 e. The SMILES string of the molecule is CCc1ccccc1NC(=O)C=C(C)C. The van der Waals surface area contributed by atoms with Gasteiger partial charge in [-0.05, 0) is 31.9 Å². The van der Waals surface area contributed by atoms with Crippen LogP contribution < -0.4 is 5.32 Å². The van der Waals surface area contributed by atoms with Crippen LogP contribution in [-0.4, -0.2) is 5.91 Å². The Kier molecular flexibility index (Phi) is 4.10. The molecule has 1 rings (SSSR count). The highest BCUT2D eigenvalue weighted by atomic mass is 16.1. The number of hydrogen-bond donors (Lipinski definition) is 1. The molecule has 0 unspecified atom stereocenters. The first kappa shape index (κ1) is 11.5. The Morgan fingerprint density at radius 1 is 1.33 bits per heavy atom. The van der Waals surface area contributed by atoms with Crippen molar-refractivity contribution in [3.05, 3.63) is 41.5 Å². The summed E-state index contributed by atoms with van der Waals surface area (Å²) in [4.78, 5) is 11.5. The van der Waals surface area contributed by atoms with Crippen molar-refractivity contribution >= 4 is 11.6 Å². The highest BCUT2D eigenvalue weighted by Gasteiger charge is 2.02. The summed E-state index contributed by atoms with van der Waals surface area (Å²) in [7, 11) is 0. The maximum absolute atomic E-state index is 11.5. The minimum atomic E-state index is -0.0594. The molecule has 0 saturated carbocycles. The van der Waals surface area contributed by atoms with Gasteiger partial charge in [0.2, 0.25) is 5.91 Å². The molecule has 0 aromatic heterocycles. The van der Waals surface area contributed by atoms with Gasteiger partial charge in [0.05, 0.1) is 0 Å². The molecule has 0 heterocycles. The van der Waals surface area contributed by atoms with Crippen LogP contribution in [0, 0.1) is 0 Å². The first-order valence-corrected chi connectivity index (χ1v) is 5.17. The van der Waals surface area contributed by atoms with Crippen LogP contribution in [0.25, 0.3) is 0 Å². The zero-order valence-corrected chi connectivity index (χ0v) is 9.50. The molecule has 15 heavy (non-hydrogen) atoms. The Morgan fingerprint density at radius 2 is 2.00 bits per heavy atom. The van der Waals surface area contributed by atoms with Crippen molar-refractivity contribution in [1.82, 2.24) is 0 Å². The smallest absolute Gasteiger partial charge is 0.248 e. The molecule has 2 nitrogen and oxygen atoms in total. The molecule has 0 aliphatic heterocycles. The van der Waals surface area contributed by atoms with Gasteiger partial charge in [-0.25, -0.2) is 0 Å². The molecule has 0 radical (unpaired) electrons. The molecule has 0 bridgehead atoms. The number of nitrogens with one attached hydrogen (secondary N) is 1. The fourth-order valence-electron chi connectivity index (χ4n) is 1.38. The maximum Gasteiger partial charge on any atom is 0.248 e. The Morgan fingerprint density at radius 3 is 2.60 bits per heavy atom. The largest absolute Gasteiger partial charge is 0.322 e. The lowest BCUT2D eigenvalue weighted by atomic mass is 10.1. The highest BCUT2D eigenvalue weighted by molar-refractivity contribution is 6.00. The van der Waals surface area contributed by atoms with Gasteiger partial charge < -0.3 is 5.32 Å². The molecule has 80 valence electrons. The van der Waals surface area contributed by atoms with Gasteiger partial charge in [0.1, 0.15) is 0 Å². The van der Waals surface area contributed by atoms with E-state index in [0.29, 0.717) is 0 Å². The normalized spacial score (nSPS) is 9.53. The van der Waals surface area contributed by atoms with E-state index >= 15 is 0 Å². The molecule has 0 fully saturated rings. The standard InChI is InChI=1S/C13H17NO/c1-4-11-7-5-6-8-12(11)14-13(15)9-10(2)3/h5-9H,4H2,1-3H3,(H,14,15). The van der Waals surface area contributed by atoms with E-state index in [1.165, 1.54) is 0 Å². The van der Waals surface area contributed by atoms with Crippen LogP contribution in [0.3, 0.4) is 0 Å². The number of hydrogen-bond acceptors (Lipinski definition) is 1. The van der Waals surface area contributed by atoms with Crippen LogP contribution in [0.15, 0.2) is 35.9 Å². The molecule has 0 aliphatic carbocycles. The molecular weight excluding hydrogens is 186 g/mol. The van der Waals surface area contributed by atoms with E-state index in [0.717, 1.165) is 23.2 Å². The molecule has 1 aromatic rings. The number of carbonyl (C=O) groups excluding carboxylic acids is 1. The van der Waals surface area contributed by atoms with Crippen molar-refractivity contribution in [2.75, 3.05) is 5.32 Å². The van der Waals surface area contributed by atoms with E-state index in [4.69, 9.17) is 0 Å². The van der Waals surface area contributed by atoms with Crippen molar-refractivity contribution in [2.24, 2.45) is 0 Å². The predicted octanol–water partition coefficient (Wildman–Crippen LogP) is 3.15. The van der Waals surface area contributed by atoms with Crippen LogP contribution in [0.4, 0.5) is 5.69 Å². The van der Waals surface area contributed by atoms with E-state index in [1.807, 2.05) is 38.1 Å². The molecule has 0 saturated heterocycles. The highest BCUT2D eigenvalue weighted by Crippen LogP contribution is 2.15. The third-order valence-corrected chi connectivity index (χ3v) is 2.08. The van der Waals surface area contributed by atoms with Gasteiger partial charge in [0, 0.05) is 11.8 Å². The molecule has 0 spiro atoms. The second kappa shape index (κ2) is 5.35. The maximum atomic E-state index is 11.5. The number of amides is 1. The van der Waals surface area contributed by atoms with Gasteiger partial charge >= 0.3 is 0 Å². The number of anilines is 1. The second-order valence-corrected chi connectivity index (χ2v) is 3.72. The Bertz CT molecular complexity index is 376. The second-order valence-electron chi connectivity index (χ2n) is 3.72. The summed E-state index contributed by atoms with van der Waals surface area (Å²) in [6, 6.07) is 7.86. The molecule has 0 aliphatic rings. The zero-order valence-electron chi connectivity index (χ0n) is 9.50. The van der Waals surface area contributed by atoms with Crippen molar-refractivity contribution in [1.29, 1.82) is 0 Å². The average molecular weight is 203 g/mol. The lowest BCUT2D eigenvalue weighted by molar-refractivity contribution is -0.111. The monoisotopic (exact) mass is 203 g/mol. The van der Waals surface area contributed by atoms with Crippen molar-refractivity contribution < 1.29 is 4.79 Å². The van der Waals surface area contributed by atoms with E-state index in [9.17, 15) is 4.79 Å². The summed E-state index contributed by atoms with van der Waals surface area (Å²) in [5.41, 5.74) is 3.07. The topological polar surface area (TPSA) is 29.1 Å². The van der Waals surface area contributed by atoms with Gasteiger partial charge in [-0.3, -0.25) is 4.79 Å². The first-order chi connectivity index (χ1) is 7.13. The third kappa shape index (κ3) is 3.58. The number of allylic oxidation sites excluding steroid dienone is 1. The van der Waals surface area contributed by atoms with Crippen molar-refractivity contribution in [2.45, 2.75) is 27.2 Å². The van der Waals surface area contributed by atoms with E-state index < -0.39 is 0 Å². The van der Waals surface area contributed by atoms with E-state index in [-0.39, 0.29) is 5.91 Å². The summed E-state index contributed by atoms with van der Waals surface area (Å²) in [5, 5.41) is 2.88. The Labute approximate surface area is 91.0 Å². The number of aryl methyl sites for hydroxylation is 1. The summed E-state index contributed by atoms with van der Waals surface area (Å²) >= 11 is 0. The number of carbonyl (C=O) groups is 1. The van der Waals surface area contributed by atoms with Crippen LogP contribution in [-0.2, 0) is 11.2 Å². The third-order valence-electron chi connectivity index (χ3n) is 2.08. The molecule has 1 amide bonds. The average Bonchev–Trinajstić information content (AvgIpc) is 2.17. The Hall–Kier alpha value is -1.57. The molecule has 1 N–H and O–H groups in total. The van der Waals surface area contributed by atoms with Crippen LogP contribution in [0.1, 0.15) is 26.3 Å². The zero-order chi connectivity index (χ0) is 11.3. The van der Waals surface area contributed by atoms with Crippen molar-refractivity contribution in [3.63, 3.8) is 0 Å². The lowest BCUT2D eigenvalue weighted by Crippen LogP contribution is -2.10. The number of benzene rings is 1. The van der Waals surface area contributed by atoms with E-state index in [1.54, 1.807) is 6.08 Å². The van der Waals surface area contributed by atoms with Gasteiger partial charge in [-0.15, -0.1) is 0 Å². The minimum absolute atomic E-state index is 0.0594. The molecule has 1 aromatic carbocycles. The summed E-state index contributed by atoms with van der Waals surface area (Å²) in [5.74, 6) is -0.0594.